The van der Waals surface area contributed by atoms with Gasteiger partial charge < -0.3 is 11.1 Å². The maximum absolute atomic E-state index is 12.9. The minimum absolute atomic E-state index is 0.188. The molecule has 1 aromatic rings. The molecule has 1 fully saturated rings. The van der Waals surface area contributed by atoms with E-state index in [1.54, 1.807) is 0 Å². The van der Waals surface area contributed by atoms with Crippen molar-refractivity contribution in [3.63, 3.8) is 0 Å². The van der Waals surface area contributed by atoms with Crippen molar-refractivity contribution in [3.8, 4) is 0 Å². The summed E-state index contributed by atoms with van der Waals surface area (Å²) in [6, 6.07) is 2.92. The van der Waals surface area contributed by atoms with Gasteiger partial charge >= 0.3 is 6.18 Å². The van der Waals surface area contributed by atoms with Crippen LogP contribution >= 0.6 is 0 Å². The maximum Gasteiger partial charge on any atom is 0.423 e. The van der Waals surface area contributed by atoms with Gasteiger partial charge in [0, 0.05) is 23.8 Å². The number of benzene rings is 1. The van der Waals surface area contributed by atoms with Crippen molar-refractivity contribution in [2.24, 2.45) is 11.7 Å². The summed E-state index contributed by atoms with van der Waals surface area (Å²) in [5.41, 5.74) is 3.18. The molecule has 116 valence electrons. The minimum atomic E-state index is -4.78. The highest BCUT2D eigenvalue weighted by atomic mass is 19.4. The van der Waals surface area contributed by atoms with Crippen LogP contribution in [0.4, 0.5) is 24.5 Å². The second kappa shape index (κ2) is 5.18. The summed E-state index contributed by atoms with van der Waals surface area (Å²) in [7, 11) is 0. The van der Waals surface area contributed by atoms with Crippen molar-refractivity contribution in [1.29, 1.82) is 0 Å². The molecule has 0 spiro atoms. The van der Waals surface area contributed by atoms with Crippen molar-refractivity contribution in [2.45, 2.75) is 31.5 Å². The molecule has 0 amide bonds. The third kappa shape index (κ3) is 3.26. The van der Waals surface area contributed by atoms with Crippen LogP contribution in [-0.4, -0.2) is 17.0 Å². The normalized spacial score (nSPS) is 18.1. The van der Waals surface area contributed by atoms with Crippen LogP contribution in [0.5, 0.6) is 0 Å². The summed E-state index contributed by atoms with van der Waals surface area (Å²) in [6.07, 6.45) is -2.83. The lowest BCUT2D eigenvalue weighted by Gasteiger charge is -2.31. The monoisotopic (exact) mass is 303 g/mol. The second-order valence-corrected chi connectivity index (χ2v) is 5.51. The lowest BCUT2D eigenvalue weighted by Crippen LogP contribution is -2.44. The molecule has 21 heavy (non-hydrogen) atoms. The molecular weight excluding hydrogens is 287 g/mol. The van der Waals surface area contributed by atoms with Gasteiger partial charge in [0.1, 0.15) is 5.56 Å². The van der Waals surface area contributed by atoms with Crippen LogP contribution in [0.15, 0.2) is 18.2 Å². The highest BCUT2D eigenvalue weighted by Gasteiger charge is 2.42. The topological polar surface area (TPSA) is 81.2 Å². The fourth-order valence-corrected chi connectivity index (χ4v) is 2.37. The fraction of sp³-hybridized carbons (Fsp3) is 0.538. The third-order valence-electron chi connectivity index (χ3n) is 3.83. The van der Waals surface area contributed by atoms with E-state index in [9.17, 15) is 23.3 Å². The van der Waals surface area contributed by atoms with E-state index < -0.39 is 27.9 Å². The Morgan fingerprint density at radius 1 is 1.43 bits per heavy atom. The summed E-state index contributed by atoms with van der Waals surface area (Å²) in [5, 5.41) is 13.7. The number of nitrogens with two attached hydrogens (primary N) is 1. The number of hydrogen-bond donors (Lipinski definition) is 2. The number of nitro groups is 1. The van der Waals surface area contributed by atoms with Crippen LogP contribution in [0, 0.1) is 16.0 Å². The van der Waals surface area contributed by atoms with Crippen molar-refractivity contribution >= 4 is 11.4 Å². The zero-order valence-corrected chi connectivity index (χ0v) is 11.4. The zero-order valence-electron chi connectivity index (χ0n) is 11.4. The van der Waals surface area contributed by atoms with Gasteiger partial charge in [-0.2, -0.15) is 13.2 Å². The quantitative estimate of drug-likeness (QED) is 0.646. The van der Waals surface area contributed by atoms with E-state index in [-0.39, 0.29) is 12.2 Å². The standard InChI is InChI=1S/C13H16F3N3O2/c1-12(7-17,8-2-3-8)18-9-4-5-11(19(20)21)10(6-9)13(14,15)16/h4-6,8,18H,2-3,7,17H2,1H3. The van der Waals surface area contributed by atoms with Gasteiger partial charge in [-0.15, -0.1) is 0 Å². The minimum Gasteiger partial charge on any atom is -0.378 e. The predicted molar refractivity (Wildman–Crippen MR) is 71.9 cm³/mol. The molecule has 0 aliphatic heterocycles. The van der Waals surface area contributed by atoms with E-state index in [0.717, 1.165) is 25.0 Å². The van der Waals surface area contributed by atoms with Gasteiger partial charge in [0.15, 0.2) is 0 Å². The van der Waals surface area contributed by atoms with Crippen LogP contribution in [-0.2, 0) is 6.18 Å². The Balaban J connectivity index is 2.36. The van der Waals surface area contributed by atoms with E-state index >= 15 is 0 Å². The van der Waals surface area contributed by atoms with E-state index in [4.69, 9.17) is 5.73 Å². The van der Waals surface area contributed by atoms with Crippen molar-refractivity contribution < 1.29 is 18.1 Å². The molecule has 1 aliphatic rings. The van der Waals surface area contributed by atoms with Crippen LogP contribution in [0.25, 0.3) is 0 Å². The maximum atomic E-state index is 12.9. The molecule has 0 heterocycles. The molecule has 0 aromatic heterocycles. The van der Waals surface area contributed by atoms with Crippen LogP contribution in [0.3, 0.4) is 0 Å². The highest BCUT2D eigenvalue weighted by molar-refractivity contribution is 5.56. The lowest BCUT2D eigenvalue weighted by atomic mass is 9.95. The molecule has 0 bridgehead atoms. The number of alkyl halides is 3. The Morgan fingerprint density at radius 2 is 2.05 bits per heavy atom. The van der Waals surface area contributed by atoms with Gasteiger partial charge in [0.25, 0.3) is 5.69 Å². The average Bonchev–Trinajstić information content (AvgIpc) is 3.21. The van der Waals surface area contributed by atoms with E-state index in [1.165, 1.54) is 6.07 Å². The zero-order chi connectivity index (χ0) is 15.8. The summed E-state index contributed by atoms with van der Waals surface area (Å²) in [4.78, 5) is 9.67. The Hall–Kier alpha value is -1.83. The van der Waals surface area contributed by atoms with Gasteiger partial charge in [-0.1, -0.05) is 0 Å². The number of hydrogen-bond acceptors (Lipinski definition) is 4. The van der Waals surface area contributed by atoms with Crippen LogP contribution in [0.2, 0.25) is 0 Å². The molecule has 0 saturated heterocycles. The number of nitrogens with one attached hydrogen (secondary N) is 1. The van der Waals surface area contributed by atoms with Gasteiger partial charge in [-0.3, -0.25) is 10.1 Å². The molecule has 1 saturated carbocycles. The molecule has 1 aromatic carbocycles. The van der Waals surface area contributed by atoms with E-state index in [1.807, 2.05) is 6.92 Å². The molecule has 3 N–H and O–H groups in total. The second-order valence-electron chi connectivity index (χ2n) is 5.51. The van der Waals surface area contributed by atoms with Crippen LogP contribution in [0.1, 0.15) is 25.3 Å². The van der Waals surface area contributed by atoms with Crippen molar-refractivity contribution in [3.05, 3.63) is 33.9 Å². The number of nitro benzene ring substituents is 1. The molecule has 8 heteroatoms. The highest BCUT2D eigenvalue weighted by Crippen LogP contribution is 2.42. The largest absolute Gasteiger partial charge is 0.423 e. The van der Waals surface area contributed by atoms with Crippen LogP contribution < -0.4 is 11.1 Å². The first-order valence-corrected chi connectivity index (χ1v) is 6.51. The average molecular weight is 303 g/mol. The third-order valence-corrected chi connectivity index (χ3v) is 3.83. The van der Waals surface area contributed by atoms with Crippen molar-refractivity contribution in [1.82, 2.24) is 0 Å². The summed E-state index contributed by atoms with van der Waals surface area (Å²) in [5.74, 6) is 0.312. The molecular formula is C13H16F3N3O2. The number of rotatable bonds is 5. The van der Waals surface area contributed by atoms with Gasteiger partial charge in [-0.25, -0.2) is 0 Å². The fourth-order valence-electron chi connectivity index (χ4n) is 2.37. The summed E-state index contributed by atoms with van der Waals surface area (Å²) in [6.45, 7) is 2.12. The molecule has 1 atom stereocenters. The summed E-state index contributed by atoms with van der Waals surface area (Å²) >= 11 is 0. The first kappa shape index (κ1) is 15.6. The van der Waals surface area contributed by atoms with E-state index in [2.05, 4.69) is 5.32 Å². The Kier molecular flexibility index (Phi) is 3.83. The SMILES string of the molecule is CC(CN)(Nc1ccc([N+](=O)[O-])c(C(F)(F)F)c1)C1CC1. The predicted octanol–water partition coefficient (Wildman–Crippen LogP) is 3.15. The molecule has 1 aliphatic carbocycles. The van der Waals surface area contributed by atoms with Gasteiger partial charge in [0.05, 0.1) is 4.92 Å². The Morgan fingerprint density at radius 3 is 2.48 bits per heavy atom. The number of halogens is 3. The smallest absolute Gasteiger partial charge is 0.378 e. The molecule has 5 nitrogen and oxygen atoms in total. The van der Waals surface area contributed by atoms with Gasteiger partial charge in [0.2, 0.25) is 0 Å². The Bertz CT molecular complexity index is 558. The van der Waals surface area contributed by atoms with E-state index in [0.29, 0.717) is 5.92 Å². The number of nitrogens with zero attached hydrogens (tertiary/aromatic N) is 1. The summed E-state index contributed by atoms with van der Waals surface area (Å²) < 4.78 is 38.8. The van der Waals surface area contributed by atoms with Crippen molar-refractivity contribution in [2.75, 3.05) is 11.9 Å². The first-order chi connectivity index (χ1) is 9.67. The molecule has 0 radical (unpaired) electrons. The molecule has 1 unspecified atom stereocenters. The lowest BCUT2D eigenvalue weighted by molar-refractivity contribution is -0.388. The van der Waals surface area contributed by atoms with Gasteiger partial charge in [-0.05, 0) is 37.8 Å². The number of anilines is 1. The Labute approximate surface area is 119 Å². The first-order valence-electron chi connectivity index (χ1n) is 6.51. The molecule has 2 rings (SSSR count).